The lowest BCUT2D eigenvalue weighted by Gasteiger charge is -2.33. The quantitative estimate of drug-likeness (QED) is 0.171. The van der Waals surface area contributed by atoms with Crippen molar-refractivity contribution in [3.63, 3.8) is 0 Å². The van der Waals surface area contributed by atoms with Crippen LogP contribution in [-0.2, 0) is 27.8 Å². The van der Waals surface area contributed by atoms with Gasteiger partial charge in [-0.15, -0.1) is 0 Å². The lowest BCUT2D eigenvalue weighted by Crippen LogP contribution is -2.38. The van der Waals surface area contributed by atoms with Crippen LogP contribution in [0.15, 0.2) is 71.9 Å². The Bertz CT molecular complexity index is 1920. The molecule has 1 amide bonds. The molecule has 0 radical (unpaired) electrons. The summed E-state index contributed by atoms with van der Waals surface area (Å²) >= 11 is 0. The zero-order valence-electron chi connectivity index (χ0n) is 27.6. The number of rotatable bonds is 11. The van der Waals surface area contributed by atoms with E-state index in [1.165, 1.54) is 50.9 Å². The summed E-state index contributed by atoms with van der Waals surface area (Å²) in [6.07, 6.45) is 2.37. The van der Waals surface area contributed by atoms with Gasteiger partial charge in [-0.05, 0) is 82.2 Å². The Kier molecular flexibility index (Phi) is 10.3. The number of carbonyl (C=O) groups excluding carboxylic acids is 1. The van der Waals surface area contributed by atoms with Gasteiger partial charge in [0.25, 0.3) is 10.0 Å². The molecule has 3 aromatic carbocycles. The highest BCUT2D eigenvalue weighted by Gasteiger charge is 2.37. The van der Waals surface area contributed by atoms with Crippen LogP contribution in [0.3, 0.4) is 0 Å². The number of benzene rings is 3. The predicted octanol–water partition coefficient (Wildman–Crippen LogP) is 6.59. The summed E-state index contributed by atoms with van der Waals surface area (Å²) in [6, 6.07) is 11.5. The lowest BCUT2D eigenvalue weighted by molar-refractivity contribution is 0.0597. The van der Waals surface area contributed by atoms with E-state index in [9.17, 15) is 13.2 Å². The molecule has 11 nitrogen and oxygen atoms in total. The highest BCUT2D eigenvalue weighted by Crippen LogP contribution is 2.38. The van der Waals surface area contributed by atoms with E-state index in [0.29, 0.717) is 33.3 Å². The molecule has 2 heterocycles. The van der Waals surface area contributed by atoms with Crippen molar-refractivity contribution in [2.24, 2.45) is 0 Å². The van der Waals surface area contributed by atoms with Gasteiger partial charge in [-0.2, -0.15) is 0 Å². The summed E-state index contributed by atoms with van der Waals surface area (Å²) in [5.41, 5.74) is -1.16. The van der Waals surface area contributed by atoms with Crippen LogP contribution >= 0.6 is 0 Å². The third kappa shape index (κ3) is 7.73. The highest BCUT2D eigenvalue weighted by molar-refractivity contribution is 7.92. The number of anilines is 3. The van der Waals surface area contributed by atoms with Gasteiger partial charge < -0.3 is 14.2 Å². The molecule has 1 aromatic heterocycles. The van der Waals surface area contributed by atoms with Crippen molar-refractivity contribution in [1.29, 1.82) is 0 Å². The van der Waals surface area contributed by atoms with Gasteiger partial charge >= 0.3 is 6.09 Å². The van der Waals surface area contributed by atoms with Gasteiger partial charge in [-0.3, -0.25) is 4.90 Å². The number of halogens is 3. The Hall–Kier alpha value is -4.89. The summed E-state index contributed by atoms with van der Waals surface area (Å²) in [4.78, 5) is 23.1. The van der Waals surface area contributed by atoms with Crippen molar-refractivity contribution in [1.82, 2.24) is 14.9 Å². The number of likely N-dealkylation sites (tertiary alicyclic amines) is 1. The smallest absolute Gasteiger partial charge is 0.419 e. The van der Waals surface area contributed by atoms with E-state index >= 15 is 13.2 Å². The molecule has 1 aliphatic heterocycles. The molecular formula is C34H36F3N5O6S. The largest absolute Gasteiger partial charge is 0.497 e. The van der Waals surface area contributed by atoms with Crippen molar-refractivity contribution in [2.45, 2.75) is 50.8 Å². The average Bonchev–Trinajstić information content (AvgIpc) is 3.02. The van der Waals surface area contributed by atoms with Gasteiger partial charge in [-0.1, -0.05) is 12.1 Å². The molecule has 260 valence electrons. The highest BCUT2D eigenvalue weighted by atomic mass is 32.2. The molecule has 0 saturated carbocycles. The fourth-order valence-corrected chi connectivity index (χ4v) is 6.65. The topological polar surface area (TPSA) is 114 Å². The van der Waals surface area contributed by atoms with E-state index in [2.05, 4.69) is 9.97 Å². The van der Waals surface area contributed by atoms with Gasteiger partial charge in [0.2, 0.25) is 5.95 Å². The molecule has 15 heteroatoms. The fourth-order valence-electron chi connectivity index (χ4n) is 5.20. The second-order valence-corrected chi connectivity index (χ2v) is 14.0. The first-order chi connectivity index (χ1) is 23.2. The average molecular weight is 700 g/mol. The summed E-state index contributed by atoms with van der Waals surface area (Å²) in [7, 11) is -2.27. The molecule has 49 heavy (non-hydrogen) atoms. The molecule has 0 spiro atoms. The molecule has 0 aliphatic carbocycles. The Morgan fingerprint density at radius 1 is 0.898 bits per heavy atom. The van der Waals surface area contributed by atoms with Crippen LogP contribution < -0.4 is 18.7 Å². The number of sulfonamides is 1. The number of nitrogens with zero attached hydrogens (tertiary/aromatic N) is 5. The van der Waals surface area contributed by atoms with E-state index < -0.39 is 56.3 Å². The lowest BCUT2D eigenvalue weighted by atomic mass is 10.1. The number of hydrogen-bond acceptors (Lipinski definition) is 9. The number of carbonyl (C=O) groups is 1. The molecule has 0 unspecified atom stereocenters. The minimum atomic E-state index is -5.08. The van der Waals surface area contributed by atoms with Crippen molar-refractivity contribution < 1.29 is 40.6 Å². The molecule has 4 aromatic rings. The Balaban J connectivity index is 1.63. The van der Waals surface area contributed by atoms with Crippen molar-refractivity contribution in [2.75, 3.05) is 36.5 Å². The first-order valence-corrected chi connectivity index (χ1v) is 16.7. The molecule has 0 bridgehead atoms. The number of amides is 1. The van der Waals surface area contributed by atoms with E-state index in [4.69, 9.17) is 14.2 Å². The number of methoxy groups -OCH3 is 2. The summed E-state index contributed by atoms with van der Waals surface area (Å²) in [5.74, 6) is -3.66. The van der Waals surface area contributed by atoms with Crippen LogP contribution in [0.25, 0.3) is 0 Å². The zero-order valence-corrected chi connectivity index (χ0v) is 28.4. The van der Waals surface area contributed by atoms with Gasteiger partial charge in [0.05, 0.1) is 32.1 Å². The van der Waals surface area contributed by atoms with E-state index in [1.54, 1.807) is 32.9 Å². The third-order valence-corrected chi connectivity index (χ3v) is 9.36. The minimum Gasteiger partial charge on any atom is -0.497 e. The maximum Gasteiger partial charge on any atom is 0.419 e. The van der Waals surface area contributed by atoms with Crippen LogP contribution in [0.5, 0.6) is 11.5 Å². The maximum atomic E-state index is 16.2. The molecule has 1 fully saturated rings. The van der Waals surface area contributed by atoms with Gasteiger partial charge in [0.1, 0.15) is 34.6 Å². The van der Waals surface area contributed by atoms with Crippen LogP contribution in [0, 0.1) is 17.5 Å². The Labute approximate surface area is 282 Å². The van der Waals surface area contributed by atoms with E-state index in [1.807, 2.05) is 4.90 Å². The molecule has 1 saturated heterocycles. The second-order valence-electron chi connectivity index (χ2n) is 12.2. The van der Waals surface area contributed by atoms with Crippen molar-refractivity contribution >= 4 is 33.4 Å². The first kappa shape index (κ1) is 35.4. The molecular weight excluding hydrogens is 663 g/mol. The van der Waals surface area contributed by atoms with E-state index in [0.717, 1.165) is 30.5 Å². The molecule has 0 N–H and O–H groups in total. The number of aromatic nitrogens is 2. The third-order valence-electron chi connectivity index (χ3n) is 7.59. The summed E-state index contributed by atoms with van der Waals surface area (Å²) in [6.45, 7) is 6.02. The Morgan fingerprint density at radius 2 is 1.57 bits per heavy atom. The second kappa shape index (κ2) is 14.3. The first-order valence-electron chi connectivity index (χ1n) is 15.3. The minimum absolute atomic E-state index is 0.235. The predicted molar refractivity (Wildman–Crippen MR) is 176 cm³/mol. The van der Waals surface area contributed by atoms with Crippen LogP contribution in [-0.4, -0.2) is 62.3 Å². The summed E-state index contributed by atoms with van der Waals surface area (Å²) < 4.78 is 93.2. The van der Waals surface area contributed by atoms with Crippen molar-refractivity contribution in [3.8, 4) is 11.5 Å². The zero-order chi connectivity index (χ0) is 35.5. The monoisotopic (exact) mass is 699 g/mol. The van der Waals surface area contributed by atoms with Crippen LogP contribution in [0.2, 0.25) is 0 Å². The van der Waals surface area contributed by atoms with E-state index in [-0.39, 0.29) is 23.9 Å². The normalized spacial score (nSPS) is 13.4. The Morgan fingerprint density at radius 3 is 2.14 bits per heavy atom. The fraction of sp³-hybridized carbons (Fsp3) is 0.324. The van der Waals surface area contributed by atoms with Gasteiger partial charge in [0, 0.05) is 30.6 Å². The maximum absolute atomic E-state index is 16.2. The number of para-hydroxylation sites is 1. The van der Waals surface area contributed by atoms with Gasteiger partial charge in [-0.25, -0.2) is 45.6 Å². The van der Waals surface area contributed by atoms with Crippen LogP contribution in [0.4, 0.5) is 35.3 Å². The number of ether oxygens (including phenoxy) is 3. The summed E-state index contributed by atoms with van der Waals surface area (Å²) in [5, 5.41) is 0. The van der Waals surface area contributed by atoms with Gasteiger partial charge in [0.15, 0.2) is 4.90 Å². The molecule has 5 rings (SSSR count). The standard InChI is InChI=1S/C34H36F3N5O6S/c1-34(2,3)48-33(43)42(30-23(9-6-10-26(30)35)20-40-15-8-16-40)24-17-27(36)31(28(37)18-24)49(44,45)41(32-38-13-7-14-39-32)21-22-11-12-25(46-4)19-29(22)47-5/h6-7,9-14,17-19H,8,15-16,20-21H2,1-5H3. The SMILES string of the molecule is COc1ccc(CN(c2ncccn2)S(=O)(=O)c2c(F)cc(N(C(=O)OC(C)(C)C)c3c(F)cccc3CN3CCC3)cc2F)c(OC)c1. The van der Waals surface area contributed by atoms with Crippen molar-refractivity contribution in [3.05, 3.63) is 95.6 Å². The molecule has 0 atom stereocenters. The molecule has 1 aliphatic rings. The number of hydrogen-bond donors (Lipinski definition) is 0. The van der Waals surface area contributed by atoms with Crippen LogP contribution in [0.1, 0.15) is 38.3 Å².